The van der Waals surface area contributed by atoms with Crippen molar-refractivity contribution in [1.82, 2.24) is 10.4 Å². The predicted octanol–water partition coefficient (Wildman–Crippen LogP) is 3.57. The lowest BCUT2D eigenvalue weighted by Gasteiger charge is -2.20. The zero-order chi connectivity index (χ0) is 23.3. The molecular formula is C23H22Cl2N2O5. The summed E-state index contributed by atoms with van der Waals surface area (Å²) in [6.07, 6.45) is -1.08. The van der Waals surface area contributed by atoms with Crippen LogP contribution in [0, 0.1) is 12.8 Å². The Balaban J connectivity index is 1.62. The van der Waals surface area contributed by atoms with Gasteiger partial charge in [0.2, 0.25) is 11.7 Å². The number of hydrazine groups is 1. The van der Waals surface area contributed by atoms with Crippen LogP contribution < -0.4 is 5.43 Å². The molecule has 0 saturated carbocycles. The molecule has 168 valence electrons. The average molecular weight is 477 g/mol. The molecule has 7 nitrogen and oxygen atoms in total. The Morgan fingerprint density at radius 3 is 2.53 bits per heavy atom. The first kappa shape index (κ1) is 23.8. The van der Waals surface area contributed by atoms with Gasteiger partial charge in [-0.3, -0.25) is 29.6 Å². The Morgan fingerprint density at radius 2 is 1.88 bits per heavy atom. The second-order valence-corrected chi connectivity index (χ2v) is 8.30. The zero-order valence-corrected chi connectivity index (χ0v) is 18.9. The second-order valence-electron chi connectivity index (χ2n) is 7.49. The highest BCUT2D eigenvalue weighted by Gasteiger charge is 2.38. The lowest BCUT2D eigenvalue weighted by molar-refractivity contribution is -0.151. The van der Waals surface area contributed by atoms with Crippen LogP contribution in [-0.4, -0.2) is 47.1 Å². The number of benzene rings is 2. The Morgan fingerprint density at radius 1 is 1.16 bits per heavy atom. The van der Waals surface area contributed by atoms with Crippen molar-refractivity contribution in [2.45, 2.75) is 25.9 Å². The summed E-state index contributed by atoms with van der Waals surface area (Å²) in [7, 11) is 0. The average Bonchev–Trinajstić information content (AvgIpc) is 3.13. The molecule has 1 fully saturated rings. The van der Waals surface area contributed by atoms with Crippen LogP contribution in [0.15, 0.2) is 48.5 Å². The van der Waals surface area contributed by atoms with Gasteiger partial charge in [-0.15, -0.1) is 11.6 Å². The molecule has 32 heavy (non-hydrogen) atoms. The van der Waals surface area contributed by atoms with E-state index in [0.29, 0.717) is 16.1 Å². The molecule has 1 aliphatic rings. The maximum Gasteiger partial charge on any atom is 0.312 e. The molecule has 9 heteroatoms. The number of alkyl halides is 1. The number of hydrogen-bond acceptors (Lipinski definition) is 5. The second kappa shape index (κ2) is 10.6. The number of carbonyl (C=O) groups excluding carboxylic acids is 4. The van der Waals surface area contributed by atoms with E-state index in [9.17, 15) is 19.2 Å². The molecule has 2 aromatic rings. The van der Waals surface area contributed by atoms with E-state index in [0.717, 1.165) is 10.6 Å². The number of ether oxygens (including phenoxy) is 1. The number of rotatable bonds is 8. The lowest BCUT2D eigenvalue weighted by atomic mass is 10.0. The summed E-state index contributed by atoms with van der Waals surface area (Å²) < 4.78 is 5.43. The fourth-order valence-electron chi connectivity index (χ4n) is 3.33. The van der Waals surface area contributed by atoms with Crippen molar-refractivity contribution in [2.24, 2.45) is 5.92 Å². The molecule has 1 aliphatic heterocycles. The van der Waals surface area contributed by atoms with E-state index in [1.54, 1.807) is 42.5 Å². The fraction of sp³-hybridized carbons (Fsp3) is 0.304. The first-order valence-electron chi connectivity index (χ1n) is 10.0. The highest BCUT2D eigenvalue weighted by molar-refractivity contribution is 6.30. The number of halogens is 2. The maximum absolute atomic E-state index is 12.7. The molecule has 3 rings (SSSR count). The standard InChI is InChI=1S/C23H22Cl2N2O5/c1-14-3-2-4-16(11-14)22(30)26-27-13-17(12-20(27)28)23(31)32-19(9-10-24)21(29)15-5-7-18(25)8-6-15/h2-8,11,17,19H,9-10,12-13H2,1H3,(H,26,30)/t17-,19-/m1/s1. The van der Waals surface area contributed by atoms with Crippen molar-refractivity contribution in [3.63, 3.8) is 0 Å². The van der Waals surface area contributed by atoms with E-state index in [1.165, 1.54) is 0 Å². The Labute approximate surface area is 195 Å². The molecule has 1 N–H and O–H groups in total. The number of ketones is 1. The molecule has 1 saturated heterocycles. The molecular weight excluding hydrogens is 455 g/mol. The first-order valence-corrected chi connectivity index (χ1v) is 10.9. The molecule has 0 spiro atoms. The number of carbonyl (C=O) groups is 4. The summed E-state index contributed by atoms with van der Waals surface area (Å²) in [4.78, 5) is 50.2. The van der Waals surface area contributed by atoms with Crippen LogP contribution in [-0.2, 0) is 14.3 Å². The third-order valence-electron chi connectivity index (χ3n) is 5.03. The van der Waals surface area contributed by atoms with Crippen LogP contribution in [0.3, 0.4) is 0 Å². The van der Waals surface area contributed by atoms with Crippen LogP contribution in [0.4, 0.5) is 0 Å². The molecule has 2 aromatic carbocycles. The minimum Gasteiger partial charge on any atom is -0.454 e. The predicted molar refractivity (Wildman–Crippen MR) is 119 cm³/mol. The molecule has 0 radical (unpaired) electrons. The van der Waals surface area contributed by atoms with Crippen LogP contribution in [0.5, 0.6) is 0 Å². The number of esters is 1. The van der Waals surface area contributed by atoms with Crippen LogP contribution in [0.1, 0.15) is 39.1 Å². The summed E-state index contributed by atoms with van der Waals surface area (Å²) in [5.74, 6) is -2.65. The quantitative estimate of drug-likeness (QED) is 0.357. The monoisotopic (exact) mass is 476 g/mol. The van der Waals surface area contributed by atoms with Crippen molar-refractivity contribution >= 4 is 46.8 Å². The normalized spacial score (nSPS) is 16.5. The topological polar surface area (TPSA) is 92.8 Å². The van der Waals surface area contributed by atoms with Crippen molar-refractivity contribution in [1.29, 1.82) is 0 Å². The molecule has 0 unspecified atom stereocenters. The molecule has 0 aromatic heterocycles. The Kier molecular flexibility index (Phi) is 7.88. The molecule has 0 aliphatic carbocycles. The minimum atomic E-state index is -1.08. The number of hydrogen-bond donors (Lipinski definition) is 1. The Bertz CT molecular complexity index is 1030. The number of nitrogens with zero attached hydrogens (tertiary/aromatic N) is 1. The van der Waals surface area contributed by atoms with Crippen molar-refractivity contribution < 1.29 is 23.9 Å². The summed E-state index contributed by atoms with van der Waals surface area (Å²) in [5.41, 5.74) is 4.17. The number of aryl methyl sites for hydroxylation is 1. The van der Waals surface area contributed by atoms with E-state index < -0.39 is 35.6 Å². The summed E-state index contributed by atoms with van der Waals surface area (Å²) in [6, 6.07) is 13.1. The Hall–Kier alpha value is -2.90. The van der Waals surface area contributed by atoms with Gasteiger partial charge in [-0.25, -0.2) is 0 Å². The largest absolute Gasteiger partial charge is 0.454 e. The molecule has 0 bridgehead atoms. The van der Waals surface area contributed by atoms with Gasteiger partial charge < -0.3 is 4.74 Å². The lowest BCUT2D eigenvalue weighted by Crippen LogP contribution is -2.43. The van der Waals surface area contributed by atoms with E-state index >= 15 is 0 Å². The van der Waals surface area contributed by atoms with Gasteiger partial charge in [0, 0.05) is 34.9 Å². The van der Waals surface area contributed by atoms with Crippen molar-refractivity contribution in [2.75, 3.05) is 12.4 Å². The summed E-state index contributed by atoms with van der Waals surface area (Å²) in [6.45, 7) is 1.81. The van der Waals surface area contributed by atoms with Gasteiger partial charge >= 0.3 is 5.97 Å². The highest BCUT2D eigenvalue weighted by atomic mass is 35.5. The minimum absolute atomic E-state index is 0.0437. The zero-order valence-electron chi connectivity index (χ0n) is 17.3. The molecule has 2 amide bonds. The van der Waals surface area contributed by atoms with Gasteiger partial charge in [0.05, 0.1) is 12.5 Å². The summed E-state index contributed by atoms with van der Waals surface area (Å²) in [5, 5.41) is 1.58. The van der Waals surface area contributed by atoms with Crippen molar-refractivity contribution in [3.8, 4) is 0 Å². The van der Waals surface area contributed by atoms with Crippen LogP contribution >= 0.6 is 23.2 Å². The van der Waals surface area contributed by atoms with Crippen molar-refractivity contribution in [3.05, 3.63) is 70.2 Å². The highest BCUT2D eigenvalue weighted by Crippen LogP contribution is 2.21. The summed E-state index contributed by atoms with van der Waals surface area (Å²) >= 11 is 11.6. The van der Waals surface area contributed by atoms with E-state index in [-0.39, 0.29) is 25.3 Å². The van der Waals surface area contributed by atoms with Gasteiger partial charge in [-0.2, -0.15) is 0 Å². The van der Waals surface area contributed by atoms with E-state index in [1.807, 2.05) is 13.0 Å². The third kappa shape index (κ3) is 5.87. The van der Waals surface area contributed by atoms with E-state index in [4.69, 9.17) is 27.9 Å². The van der Waals surface area contributed by atoms with Crippen LogP contribution in [0.25, 0.3) is 0 Å². The number of Topliss-reactive ketones (excluding diaryl/α,β-unsaturated/α-hetero) is 1. The first-order chi connectivity index (χ1) is 15.3. The smallest absolute Gasteiger partial charge is 0.312 e. The SMILES string of the molecule is Cc1cccc(C(=O)NN2C[C@H](C(=O)O[C@H](CCCl)C(=O)c3ccc(Cl)cc3)CC2=O)c1. The molecule has 2 atom stereocenters. The fourth-order valence-corrected chi connectivity index (χ4v) is 3.65. The van der Waals surface area contributed by atoms with Gasteiger partial charge in [0.1, 0.15) is 0 Å². The third-order valence-corrected chi connectivity index (χ3v) is 5.50. The van der Waals surface area contributed by atoms with Crippen LogP contribution in [0.2, 0.25) is 5.02 Å². The van der Waals surface area contributed by atoms with Gasteiger partial charge in [-0.1, -0.05) is 29.3 Å². The van der Waals surface area contributed by atoms with Gasteiger partial charge in [0.25, 0.3) is 5.91 Å². The number of amides is 2. The van der Waals surface area contributed by atoms with E-state index in [2.05, 4.69) is 5.43 Å². The molecule has 1 heterocycles. The number of nitrogens with one attached hydrogen (secondary N) is 1. The van der Waals surface area contributed by atoms with Gasteiger partial charge in [-0.05, 0) is 43.3 Å². The maximum atomic E-state index is 12.7. The van der Waals surface area contributed by atoms with Gasteiger partial charge in [0.15, 0.2) is 6.10 Å².